The quantitative estimate of drug-likeness (QED) is 0.441. The molecular weight excluding hydrogens is 483 g/mol. The summed E-state index contributed by atoms with van der Waals surface area (Å²) in [6.45, 7) is 5.04. The predicted octanol–water partition coefficient (Wildman–Crippen LogP) is 5.76. The summed E-state index contributed by atoms with van der Waals surface area (Å²) in [5, 5.41) is 3.33. The number of benzene rings is 3. The van der Waals surface area contributed by atoms with E-state index in [2.05, 4.69) is 5.32 Å². The Morgan fingerprint density at radius 1 is 0.939 bits per heavy atom. The van der Waals surface area contributed by atoms with Crippen molar-refractivity contribution in [3.05, 3.63) is 81.3 Å². The largest absolute Gasteiger partial charge is 0.495 e. The van der Waals surface area contributed by atoms with E-state index in [9.17, 15) is 13.2 Å². The van der Waals surface area contributed by atoms with Crippen LogP contribution in [0.4, 0.5) is 11.4 Å². The van der Waals surface area contributed by atoms with Crippen molar-refractivity contribution in [2.45, 2.75) is 25.7 Å². The van der Waals surface area contributed by atoms with Gasteiger partial charge in [0.2, 0.25) is 5.91 Å². The van der Waals surface area contributed by atoms with Gasteiger partial charge in [-0.1, -0.05) is 35.3 Å². The van der Waals surface area contributed by atoms with Crippen LogP contribution in [0.5, 0.6) is 5.75 Å². The van der Waals surface area contributed by atoms with Gasteiger partial charge in [0, 0.05) is 5.02 Å². The van der Waals surface area contributed by atoms with E-state index in [1.54, 1.807) is 43.3 Å². The fourth-order valence-electron chi connectivity index (χ4n) is 3.42. The monoisotopic (exact) mass is 506 g/mol. The van der Waals surface area contributed by atoms with Gasteiger partial charge in [0.25, 0.3) is 10.0 Å². The first-order chi connectivity index (χ1) is 15.5. The number of anilines is 2. The van der Waals surface area contributed by atoms with Gasteiger partial charge in [-0.3, -0.25) is 9.10 Å². The van der Waals surface area contributed by atoms with Crippen molar-refractivity contribution in [3.8, 4) is 5.75 Å². The van der Waals surface area contributed by atoms with Gasteiger partial charge in [-0.15, -0.1) is 0 Å². The van der Waals surface area contributed by atoms with Gasteiger partial charge < -0.3 is 10.1 Å². The smallest absolute Gasteiger partial charge is 0.268 e. The minimum atomic E-state index is -4.16. The summed E-state index contributed by atoms with van der Waals surface area (Å²) in [4.78, 5) is 12.9. The molecule has 0 saturated carbocycles. The van der Waals surface area contributed by atoms with Crippen LogP contribution >= 0.6 is 23.2 Å². The van der Waals surface area contributed by atoms with Crippen molar-refractivity contribution >= 4 is 50.5 Å². The molecule has 0 spiro atoms. The lowest BCUT2D eigenvalue weighted by atomic mass is 10.1. The number of hydrogen-bond donors (Lipinski definition) is 1. The molecule has 3 aromatic rings. The molecule has 1 N–H and O–H groups in total. The van der Waals surface area contributed by atoms with Crippen molar-refractivity contribution in [1.29, 1.82) is 0 Å². The molecule has 6 nitrogen and oxygen atoms in total. The number of rotatable bonds is 7. The molecule has 0 fully saturated rings. The van der Waals surface area contributed by atoms with Crippen LogP contribution in [-0.2, 0) is 14.8 Å². The first kappa shape index (κ1) is 24.9. The van der Waals surface area contributed by atoms with Crippen LogP contribution in [0.25, 0.3) is 0 Å². The summed E-state index contributed by atoms with van der Waals surface area (Å²) in [6.07, 6.45) is 0. The first-order valence-corrected chi connectivity index (χ1v) is 12.2. The van der Waals surface area contributed by atoms with Gasteiger partial charge in [0.1, 0.15) is 17.2 Å². The van der Waals surface area contributed by atoms with E-state index >= 15 is 0 Å². The third kappa shape index (κ3) is 5.79. The maximum Gasteiger partial charge on any atom is 0.268 e. The molecule has 0 aliphatic heterocycles. The molecule has 3 rings (SSSR count). The minimum absolute atomic E-state index is 0.0264. The van der Waals surface area contributed by atoms with E-state index in [0.29, 0.717) is 16.4 Å². The van der Waals surface area contributed by atoms with Crippen molar-refractivity contribution in [3.63, 3.8) is 0 Å². The average molecular weight is 507 g/mol. The second-order valence-corrected chi connectivity index (χ2v) is 10.4. The van der Waals surface area contributed by atoms with Gasteiger partial charge >= 0.3 is 0 Å². The van der Waals surface area contributed by atoms with Crippen LogP contribution in [0.3, 0.4) is 0 Å². The first-order valence-electron chi connectivity index (χ1n) is 10.0. The van der Waals surface area contributed by atoms with Crippen LogP contribution in [0.1, 0.15) is 16.7 Å². The highest BCUT2D eigenvalue weighted by Crippen LogP contribution is 2.32. The van der Waals surface area contributed by atoms with Crippen molar-refractivity contribution in [1.82, 2.24) is 0 Å². The van der Waals surface area contributed by atoms with Crippen molar-refractivity contribution in [2.75, 3.05) is 23.3 Å². The molecule has 1 amide bonds. The summed E-state index contributed by atoms with van der Waals surface area (Å²) < 4.78 is 34.0. The van der Waals surface area contributed by atoms with Gasteiger partial charge in [0.05, 0.1) is 23.5 Å². The Hall–Kier alpha value is -2.74. The lowest BCUT2D eigenvalue weighted by Crippen LogP contribution is -2.38. The van der Waals surface area contributed by atoms with Gasteiger partial charge in [0.15, 0.2) is 0 Å². The Labute approximate surface area is 204 Å². The number of sulfonamides is 1. The van der Waals surface area contributed by atoms with Crippen LogP contribution in [0, 0.1) is 20.8 Å². The third-order valence-electron chi connectivity index (χ3n) is 4.87. The van der Waals surface area contributed by atoms with Crippen molar-refractivity contribution < 1.29 is 17.9 Å². The second kappa shape index (κ2) is 10.0. The van der Waals surface area contributed by atoms with E-state index < -0.39 is 22.5 Å². The number of halogens is 2. The standard InChI is InChI=1S/C24H24Cl2N2O4S/c1-15-5-8-22(32-4)23(12-15)33(30,31)28(19-10-16(2)9-17(3)11-19)14-24(29)27-21-7-6-18(25)13-20(21)26/h5-13H,14H2,1-4H3,(H,27,29). The summed E-state index contributed by atoms with van der Waals surface area (Å²) in [5.41, 5.74) is 3.17. The molecule has 0 unspecified atom stereocenters. The van der Waals surface area contributed by atoms with E-state index in [-0.39, 0.29) is 15.7 Å². The Morgan fingerprint density at radius 2 is 1.61 bits per heavy atom. The second-order valence-electron chi connectivity index (χ2n) is 7.68. The number of carbonyl (C=O) groups excluding carboxylic acids is 1. The molecule has 0 aromatic heterocycles. The molecular formula is C24H24Cl2N2O4S. The number of hydrogen-bond acceptors (Lipinski definition) is 4. The molecule has 0 aliphatic carbocycles. The number of methoxy groups -OCH3 is 1. The van der Waals surface area contributed by atoms with Crippen LogP contribution < -0.4 is 14.4 Å². The highest BCUT2D eigenvalue weighted by atomic mass is 35.5. The maximum absolute atomic E-state index is 13.8. The zero-order valence-electron chi connectivity index (χ0n) is 18.6. The summed E-state index contributed by atoms with van der Waals surface area (Å²) in [7, 11) is -2.76. The van der Waals surface area contributed by atoms with Crippen LogP contribution in [0.2, 0.25) is 10.0 Å². The molecule has 0 aliphatic rings. The highest BCUT2D eigenvalue weighted by Gasteiger charge is 2.30. The normalized spacial score (nSPS) is 11.2. The topological polar surface area (TPSA) is 75.7 Å². The number of nitrogens with one attached hydrogen (secondary N) is 1. The van der Waals surface area contributed by atoms with Gasteiger partial charge in [-0.2, -0.15) is 0 Å². The van der Waals surface area contributed by atoms with Gasteiger partial charge in [-0.05, 0) is 79.9 Å². The van der Waals surface area contributed by atoms with E-state index in [0.717, 1.165) is 21.0 Å². The molecule has 9 heteroatoms. The third-order valence-corrected chi connectivity index (χ3v) is 7.22. The Kier molecular flexibility index (Phi) is 7.57. The number of carbonyl (C=O) groups is 1. The molecule has 0 heterocycles. The molecule has 174 valence electrons. The zero-order valence-corrected chi connectivity index (χ0v) is 21.0. The van der Waals surface area contributed by atoms with Gasteiger partial charge in [-0.25, -0.2) is 8.42 Å². The average Bonchev–Trinajstić information content (AvgIpc) is 2.73. The van der Waals surface area contributed by atoms with Crippen LogP contribution in [0.15, 0.2) is 59.5 Å². The van der Waals surface area contributed by atoms with E-state index in [1.807, 2.05) is 19.9 Å². The minimum Gasteiger partial charge on any atom is -0.495 e. The maximum atomic E-state index is 13.8. The summed E-state index contributed by atoms with van der Waals surface area (Å²) >= 11 is 12.1. The predicted molar refractivity (Wildman–Crippen MR) is 133 cm³/mol. The highest BCUT2D eigenvalue weighted by molar-refractivity contribution is 7.93. The Morgan fingerprint density at radius 3 is 2.21 bits per heavy atom. The summed E-state index contributed by atoms with van der Waals surface area (Å²) in [5.74, 6) is -0.371. The van der Waals surface area contributed by atoms with E-state index in [4.69, 9.17) is 27.9 Å². The Bertz CT molecular complexity index is 1290. The lowest BCUT2D eigenvalue weighted by Gasteiger charge is -2.26. The fourth-order valence-corrected chi connectivity index (χ4v) is 5.53. The summed E-state index contributed by atoms with van der Waals surface area (Å²) in [6, 6.07) is 14.9. The fraction of sp³-hybridized carbons (Fsp3) is 0.208. The molecule has 3 aromatic carbocycles. The lowest BCUT2D eigenvalue weighted by molar-refractivity contribution is -0.114. The number of amides is 1. The Balaban J connectivity index is 2.07. The molecule has 0 saturated heterocycles. The molecule has 33 heavy (non-hydrogen) atoms. The zero-order chi connectivity index (χ0) is 24.3. The number of ether oxygens (including phenoxy) is 1. The molecule has 0 radical (unpaired) electrons. The van der Waals surface area contributed by atoms with Crippen LogP contribution in [-0.4, -0.2) is 28.0 Å². The SMILES string of the molecule is COc1ccc(C)cc1S(=O)(=O)N(CC(=O)Nc1ccc(Cl)cc1Cl)c1cc(C)cc(C)c1. The molecule has 0 bridgehead atoms. The van der Waals surface area contributed by atoms with E-state index in [1.165, 1.54) is 19.2 Å². The number of nitrogens with zero attached hydrogens (tertiary/aromatic N) is 1. The number of aryl methyl sites for hydroxylation is 3. The van der Waals surface area contributed by atoms with Crippen molar-refractivity contribution in [2.24, 2.45) is 0 Å². The molecule has 0 atom stereocenters.